The number of benzene rings is 1. The molecule has 0 aromatic heterocycles. The van der Waals surface area contributed by atoms with Crippen LogP contribution in [0.1, 0.15) is 43.0 Å². The van der Waals surface area contributed by atoms with E-state index in [1.807, 2.05) is 11.9 Å². The fourth-order valence-electron chi connectivity index (χ4n) is 3.07. The van der Waals surface area contributed by atoms with E-state index in [1.165, 1.54) is 12.5 Å². The predicted molar refractivity (Wildman–Crippen MR) is 73.2 cm³/mol. The van der Waals surface area contributed by atoms with Crippen LogP contribution in [0.2, 0.25) is 0 Å². The van der Waals surface area contributed by atoms with Crippen molar-refractivity contribution in [2.75, 3.05) is 11.9 Å². The highest BCUT2D eigenvalue weighted by Gasteiger charge is 2.28. The average molecular weight is 265 g/mol. The molecule has 0 heterocycles. The maximum Gasteiger partial charge on any atom is 0.340 e. The molecule has 2 unspecified atom stereocenters. The minimum absolute atomic E-state index is 0.220. The van der Waals surface area contributed by atoms with E-state index in [0.29, 0.717) is 11.6 Å². The van der Waals surface area contributed by atoms with Gasteiger partial charge in [0, 0.05) is 13.1 Å². The smallest absolute Gasteiger partial charge is 0.340 e. The van der Waals surface area contributed by atoms with Crippen LogP contribution < -0.4 is 4.90 Å². The van der Waals surface area contributed by atoms with E-state index < -0.39 is 11.8 Å². The van der Waals surface area contributed by atoms with Crippen molar-refractivity contribution in [3.63, 3.8) is 0 Å². The summed E-state index contributed by atoms with van der Waals surface area (Å²) in [7, 11) is 1.87. The zero-order valence-electron chi connectivity index (χ0n) is 11.4. The van der Waals surface area contributed by atoms with E-state index in [-0.39, 0.29) is 11.6 Å². The summed E-state index contributed by atoms with van der Waals surface area (Å²) in [5.74, 6) is -1.37. The van der Waals surface area contributed by atoms with E-state index in [4.69, 9.17) is 0 Å². The van der Waals surface area contributed by atoms with Gasteiger partial charge in [0.25, 0.3) is 0 Å². The predicted octanol–water partition coefficient (Wildman–Crippen LogP) is 3.54. The summed E-state index contributed by atoms with van der Waals surface area (Å²) in [6.45, 7) is 2.18. The quantitative estimate of drug-likeness (QED) is 0.908. The molecule has 3 nitrogen and oxygen atoms in total. The van der Waals surface area contributed by atoms with E-state index in [9.17, 15) is 14.3 Å². The van der Waals surface area contributed by atoms with Gasteiger partial charge in [0.1, 0.15) is 11.4 Å². The second-order valence-corrected chi connectivity index (χ2v) is 5.38. The zero-order chi connectivity index (χ0) is 14.0. The van der Waals surface area contributed by atoms with Crippen LogP contribution in [0.3, 0.4) is 0 Å². The molecular formula is C15H20FNO2. The number of carbonyl (C=O) groups is 1. The summed E-state index contributed by atoms with van der Waals surface area (Å²) in [6, 6.07) is 4.74. The SMILES string of the molecule is CC1CCCCC1N(C)c1cccc(F)c1C(=O)O. The van der Waals surface area contributed by atoms with Gasteiger partial charge in [-0.25, -0.2) is 9.18 Å². The van der Waals surface area contributed by atoms with Gasteiger partial charge in [-0.05, 0) is 30.9 Å². The fraction of sp³-hybridized carbons (Fsp3) is 0.533. The van der Waals surface area contributed by atoms with Crippen LogP contribution in [0, 0.1) is 11.7 Å². The number of aromatic carboxylic acids is 1. The lowest BCUT2D eigenvalue weighted by molar-refractivity contribution is 0.0692. The maximum absolute atomic E-state index is 13.7. The molecule has 0 bridgehead atoms. The van der Waals surface area contributed by atoms with Crippen LogP contribution in [0.25, 0.3) is 0 Å². The van der Waals surface area contributed by atoms with Crippen molar-refractivity contribution in [1.82, 2.24) is 0 Å². The first-order valence-corrected chi connectivity index (χ1v) is 6.77. The lowest BCUT2D eigenvalue weighted by Gasteiger charge is -2.38. The van der Waals surface area contributed by atoms with Gasteiger partial charge in [0.2, 0.25) is 0 Å². The molecule has 2 atom stereocenters. The van der Waals surface area contributed by atoms with Crippen LogP contribution in [0.4, 0.5) is 10.1 Å². The summed E-state index contributed by atoms with van der Waals surface area (Å²) in [5, 5.41) is 9.19. The number of rotatable bonds is 3. The molecule has 0 amide bonds. The number of nitrogens with zero attached hydrogens (tertiary/aromatic N) is 1. The molecule has 1 aliphatic rings. The van der Waals surface area contributed by atoms with Gasteiger partial charge in [0.15, 0.2) is 0 Å². The summed E-state index contributed by atoms with van der Waals surface area (Å²) in [4.78, 5) is 13.2. The Labute approximate surface area is 113 Å². The first-order chi connectivity index (χ1) is 9.02. The Morgan fingerprint density at radius 1 is 1.37 bits per heavy atom. The number of hydrogen-bond acceptors (Lipinski definition) is 2. The number of hydrogen-bond donors (Lipinski definition) is 1. The van der Waals surface area contributed by atoms with Gasteiger partial charge in [-0.3, -0.25) is 0 Å². The van der Waals surface area contributed by atoms with Gasteiger partial charge < -0.3 is 10.0 Å². The Morgan fingerprint density at radius 3 is 2.68 bits per heavy atom. The minimum atomic E-state index is -1.21. The van der Waals surface area contributed by atoms with Crippen molar-refractivity contribution in [3.8, 4) is 0 Å². The monoisotopic (exact) mass is 265 g/mol. The van der Waals surface area contributed by atoms with E-state index in [2.05, 4.69) is 6.92 Å². The number of halogens is 1. The molecule has 0 aliphatic heterocycles. The first kappa shape index (κ1) is 13.8. The molecule has 1 aromatic rings. The molecule has 1 N–H and O–H groups in total. The number of carboxylic acid groups (broad SMARTS) is 1. The highest BCUT2D eigenvalue weighted by molar-refractivity contribution is 5.94. The second kappa shape index (κ2) is 5.59. The molecule has 1 fully saturated rings. The van der Waals surface area contributed by atoms with Crippen molar-refractivity contribution in [1.29, 1.82) is 0 Å². The van der Waals surface area contributed by atoms with Crippen molar-refractivity contribution in [2.45, 2.75) is 38.6 Å². The number of carboxylic acids is 1. The maximum atomic E-state index is 13.7. The van der Waals surface area contributed by atoms with Gasteiger partial charge in [0.05, 0.1) is 5.69 Å². The third-order valence-electron chi connectivity index (χ3n) is 4.15. The second-order valence-electron chi connectivity index (χ2n) is 5.38. The summed E-state index contributed by atoms with van der Waals surface area (Å²) >= 11 is 0. The van der Waals surface area contributed by atoms with Crippen LogP contribution >= 0.6 is 0 Å². The van der Waals surface area contributed by atoms with E-state index in [0.717, 1.165) is 19.3 Å². The lowest BCUT2D eigenvalue weighted by Crippen LogP contribution is -2.39. The molecule has 2 rings (SSSR count). The molecule has 1 aliphatic carbocycles. The standard InChI is InChI=1S/C15H20FNO2/c1-10-6-3-4-8-12(10)17(2)13-9-5-7-11(16)14(13)15(18)19/h5,7,9-10,12H,3-4,6,8H2,1-2H3,(H,18,19). The summed E-state index contributed by atoms with van der Waals surface area (Å²) < 4.78 is 13.7. The molecule has 19 heavy (non-hydrogen) atoms. The van der Waals surface area contributed by atoms with Crippen molar-refractivity contribution in [2.24, 2.45) is 5.92 Å². The highest BCUT2D eigenvalue weighted by Crippen LogP contribution is 2.32. The molecular weight excluding hydrogens is 245 g/mol. The molecule has 1 aromatic carbocycles. The summed E-state index contributed by atoms with van der Waals surface area (Å²) in [6.07, 6.45) is 4.55. The van der Waals surface area contributed by atoms with Crippen molar-refractivity contribution in [3.05, 3.63) is 29.6 Å². The zero-order valence-corrected chi connectivity index (χ0v) is 11.4. The Bertz CT molecular complexity index is 475. The van der Waals surface area contributed by atoms with Gasteiger partial charge in [-0.1, -0.05) is 25.8 Å². The molecule has 4 heteroatoms. The third kappa shape index (κ3) is 2.72. The largest absolute Gasteiger partial charge is 0.478 e. The van der Waals surface area contributed by atoms with Crippen LogP contribution in [0.15, 0.2) is 18.2 Å². The Balaban J connectivity index is 2.35. The highest BCUT2D eigenvalue weighted by atomic mass is 19.1. The minimum Gasteiger partial charge on any atom is -0.478 e. The Hall–Kier alpha value is -1.58. The molecule has 104 valence electrons. The fourth-order valence-corrected chi connectivity index (χ4v) is 3.07. The van der Waals surface area contributed by atoms with Crippen molar-refractivity contribution >= 4 is 11.7 Å². The molecule has 0 saturated heterocycles. The molecule has 1 saturated carbocycles. The van der Waals surface area contributed by atoms with Crippen molar-refractivity contribution < 1.29 is 14.3 Å². The van der Waals surface area contributed by atoms with E-state index in [1.54, 1.807) is 12.1 Å². The molecule has 0 radical (unpaired) electrons. The average Bonchev–Trinajstić information content (AvgIpc) is 2.37. The Kier molecular flexibility index (Phi) is 4.08. The van der Waals surface area contributed by atoms with Gasteiger partial charge >= 0.3 is 5.97 Å². The van der Waals surface area contributed by atoms with Crippen LogP contribution in [-0.4, -0.2) is 24.2 Å². The topological polar surface area (TPSA) is 40.5 Å². The van der Waals surface area contributed by atoms with Crippen LogP contribution in [-0.2, 0) is 0 Å². The Morgan fingerprint density at radius 2 is 2.05 bits per heavy atom. The van der Waals surface area contributed by atoms with E-state index >= 15 is 0 Å². The number of anilines is 1. The molecule has 0 spiro atoms. The third-order valence-corrected chi connectivity index (χ3v) is 4.15. The van der Waals surface area contributed by atoms with Gasteiger partial charge in [-0.2, -0.15) is 0 Å². The lowest BCUT2D eigenvalue weighted by atomic mass is 9.84. The summed E-state index contributed by atoms with van der Waals surface area (Å²) in [5.41, 5.74) is 0.258. The van der Waals surface area contributed by atoms with Gasteiger partial charge in [-0.15, -0.1) is 0 Å². The normalized spacial score (nSPS) is 23.1. The first-order valence-electron chi connectivity index (χ1n) is 6.77. The van der Waals surface area contributed by atoms with Crippen LogP contribution in [0.5, 0.6) is 0 Å².